The van der Waals surface area contributed by atoms with Crippen LogP contribution < -0.4 is 10.6 Å². The number of nitrogens with one attached hydrogen (secondary N) is 2. The van der Waals surface area contributed by atoms with E-state index in [4.69, 9.17) is 0 Å². The fourth-order valence-electron chi connectivity index (χ4n) is 2.46. The van der Waals surface area contributed by atoms with E-state index >= 15 is 0 Å². The Morgan fingerprint density at radius 1 is 1.18 bits per heavy atom. The molecule has 1 aromatic carbocycles. The summed E-state index contributed by atoms with van der Waals surface area (Å²) in [5, 5.41) is 6.96. The molecule has 0 spiro atoms. The third-order valence-corrected chi connectivity index (χ3v) is 3.82. The van der Waals surface area contributed by atoms with Crippen LogP contribution in [0.15, 0.2) is 18.2 Å². The van der Waals surface area contributed by atoms with Gasteiger partial charge in [0.1, 0.15) is 0 Å². The Hall–Kier alpha value is -0.860. The molecule has 2 nitrogen and oxygen atoms in total. The van der Waals surface area contributed by atoms with E-state index in [0.29, 0.717) is 0 Å². The lowest BCUT2D eigenvalue weighted by Gasteiger charge is -2.13. The van der Waals surface area contributed by atoms with Crippen LogP contribution in [0.5, 0.6) is 0 Å². The predicted octanol–water partition coefficient (Wildman–Crippen LogP) is 2.82. The highest BCUT2D eigenvalue weighted by molar-refractivity contribution is 5.34. The molecule has 1 heterocycles. The quantitative estimate of drug-likeness (QED) is 0.788. The van der Waals surface area contributed by atoms with Crippen LogP contribution in [-0.4, -0.2) is 6.54 Å². The first-order chi connectivity index (χ1) is 8.33. The van der Waals surface area contributed by atoms with Gasteiger partial charge in [-0.25, -0.2) is 0 Å². The minimum absolute atomic E-state index is 0.825. The van der Waals surface area contributed by atoms with Gasteiger partial charge in [0.05, 0.1) is 0 Å². The molecule has 0 saturated heterocycles. The molecule has 2 N–H and O–H groups in total. The first-order valence-electron chi connectivity index (χ1n) is 6.85. The van der Waals surface area contributed by atoms with Crippen molar-refractivity contribution in [1.82, 2.24) is 10.6 Å². The van der Waals surface area contributed by atoms with E-state index in [1.807, 2.05) is 0 Å². The van der Waals surface area contributed by atoms with E-state index in [1.165, 1.54) is 29.5 Å². The van der Waals surface area contributed by atoms with Crippen molar-refractivity contribution in [3.63, 3.8) is 0 Å². The largest absolute Gasteiger partial charge is 0.312 e. The van der Waals surface area contributed by atoms with Gasteiger partial charge in [0, 0.05) is 19.6 Å². The SMILES string of the molecule is CCC(CC)CNCc1ccc2c(c1)CNC2. The maximum atomic E-state index is 3.57. The lowest BCUT2D eigenvalue weighted by molar-refractivity contribution is 0.449. The molecule has 0 aliphatic carbocycles. The molecular weight excluding hydrogens is 208 g/mol. The molecule has 0 aromatic heterocycles. The molecule has 0 fully saturated rings. The van der Waals surface area contributed by atoms with E-state index in [0.717, 1.165) is 32.1 Å². The smallest absolute Gasteiger partial charge is 0.0212 e. The van der Waals surface area contributed by atoms with Crippen molar-refractivity contribution in [1.29, 1.82) is 0 Å². The van der Waals surface area contributed by atoms with E-state index in [9.17, 15) is 0 Å². The van der Waals surface area contributed by atoms with Gasteiger partial charge in [0.15, 0.2) is 0 Å². The highest BCUT2D eigenvalue weighted by Gasteiger charge is 2.10. The second-order valence-electron chi connectivity index (χ2n) is 5.02. The summed E-state index contributed by atoms with van der Waals surface area (Å²) >= 11 is 0. The third kappa shape index (κ3) is 3.30. The summed E-state index contributed by atoms with van der Waals surface area (Å²) in [6.07, 6.45) is 2.55. The van der Waals surface area contributed by atoms with Crippen LogP contribution in [0, 0.1) is 5.92 Å². The number of hydrogen-bond donors (Lipinski definition) is 2. The second kappa shape index (κ2) is 6.18. The molecule has 17 heavy (non-hydrogen) atoms. The maximum Gasteiger partial charge on any atom is 0.0212 e. The van der Waals surface area contributed by atoms with Crippen LogP contribution in [0.4, 0.5) is 0 Å². The third-order valence-electron chi connectivity index (χ3n) is 3.82. The molecular formula is C15H24N2. The Morgan fingerprint density at radius 3 is 2.71 bits per heavy atom. The highest BCUT2D eigenvalue weighted by atomic mass is 14.9. The van der Waals surface area contributed by atoms with Crippen molar-refractivity contribution < 1.29 is 0 Å². The standard InChI is InChI=1S/C15H24N2/c1-3-12(4-2)8-16-9-13-5-6-14-10-17-11-15(14)7-13/h5-7,12,16-17H,3-4,8-11H2,1-2H3. The predicted molar refractivity (Wildman–Crippen MR) is 72.8 cm³/mol. The molecule has 0 unspecified atom stereocenters. The summed E-state index contributed by atoms with van der Waals surface area (Å²) in [7, 11) is 0. The second-order valence-corrected chi connectivity index (χ2v) is 5.02. The van der Waals surface area contributed by atoms with Gasteiger partial charge in [0.25, 0.3) is 0 Å². The highest BCUT2D eigenvalue weighted by Crippen LogP contribution is 2.17. The number of fused-ring (bicyclic) bond motifs is 1. The monoisotopic (exact) mass is 232 g/mol. The lowest BCUT2D eigenvalue weighted by atomic mass is 10.0. The van der Waals surface area contributed by atoms with Crippen LogP contribution in [0.25, 0.3) is 0 Å². The molecule has 0 radical (unpaired) electrons. The van der Waals surface area contributed by atoms with Crippen molar-refractivity contribution in [2.24, 2.45) is 5.92 Å². The Balaban J connectivity index is 1.83. The molecule has 1 aromatic rings. The Bertz CT molecular complexity index is 356. The summed E-state index contributed by atoms with van der Waals surface area (Å²) in [4.78, 5) is 0. The number of hydrogen-bond acceptors (Lipinski definition) is 2. The Kier molecular flexibility index (Phi) is 4.57. The van der Waals surface area contributed by atoms with Gasteiger partial charge in [-0.15, -0.1) is 0 Å². The van der Waals surface area contributed by atoms with Crippen LogP contribution in [0.3, 0.4) is 0 Å². The van der Waals surface area contributed by atoms with Gasteiger partial charge in [0.2, 0.25) is 0 Å². The maximum absolute atomic E-state index is 3.57. The summed E-state index contributed by atoms with van der Waals surface area (Å²) in [6, 6.07) is 6.87. The van der Waals surface area contributed by atoms with Gasteiger partial charge in [-0.3, -0.25) is 0 Å². The van der Waals surface area contributed by atoms with E-state index < -0.39 is 0 Å². The Morgan fingerprint density at radius 2 is 1.94 bits per heavy atom. The zero-order valence-electron chi connectivity index (χ0n) is 11.1. The summed E-state index contributed by atoms with van der Waals surface area (Å²) in [5.41, 5.74) is 4.36. The summed E-state index contributed by atoms with van der Waals surface area (Å²) in [5.74, 6) is 0.825. The van der Waals surface area contributed by atoms with Crippen LogP contribution in [0.2, 0.25) is 0 Å². The molecule has 1 aliphatic rings. The molecule has 0 saturated carbocycles. The fraction of sp³-hybridized carbons (Fsp3) is 0.600. The van der Waals surface area contributed by atoms with Gasteiger partial charge in [-0.1, -0.05) is 44.9 Å². The Labute approximate surface area is 105 Å². The molecule has 2 rings (SSSR count). The van der Waals surface area contributed by atoms with Crippen molar-refractivity contribution in [3.8, 4) is 0 Å². The van der Waals surface area contributed by atoms with Crippen molar-refractivity contribution >= 4 is 0 Å². The van der Waals surface area contributed by atoms with Crippen LogP contribution in [0.1, 0.15) is 43.4 Å². The average Bonchev–Trinajstić information content (AvgIpc) is 2.82. The van der Waals surface area contributed by atoms with Crippen molar-refractivity contribution in [2.75, 3.05) is 6.54 Å². The van der Waals surface area contributed by atoms with Gasteiger partial charge < -0.3 is 10.6 Å². The summed E-state index contributed by atoms with van der Waals surface area (Å²) < 4.78 is 0. The van der Waals surface area contributed by atoms with Crippen molar-refractivity contribution in [2.45, 2.75) is 46.3 Å². The normalized spacial score (nSPS) is 14.3. The van der Waals surface area contributed by atoms with Gasteiger partial charge in [-0.05, 0) is 29.2 Å². The molecule has 2 heteroatoms. The van der Waals surface area contributed by atoms with Crippen LogP contribution in [-0.2, 0) is 19.6 Å². The molecule has 94 valence electrons. The van der Waals surface area contributed by atoms with E-state index in [2.05, 4.69) is 42.7 Å². The fourth-order valence-corrected chi connectivity index (χ4v) is 2.46. The van der Waals surface area contributed by atoms with Gasteiger partial charge >= 0.3 is 0 Å². The molecule has 0 bridgehead atoms. The number of benzene rings is 1. The number of rotatable bonds is 6. The van der Waals surface area contributed by atoms with E-state index in [1.54, 1.807) is 0 Å². The molecule has 0 amide bonds. The lowest BCUT2D eigenvalue weighted by Crippen LogP contribution is -2.21. The molecule has 0 atom stereocenters. The minimum atomic E-state index is 0.825. The summed E-state index contributed by atoms with van der Waals surface area (Å²) in [6.45, 7) is 8.77. The zero-order chi connectivity index (χ0) is 12.1. The van der Waals surface area contributed by atoms with Gasteiger partial charge in [-0.2, -0.15) is 0 Å². The average molecular weight is 232 g/mol. The molecule has 1 aliphatic heterocycles. The minimum Gasteiger partial charge on any atom is -0.312 e. The zero-order valence-corrected chi connectivity index (χ0v) is 11.1. The van der Waals surface area contributed by atoms with Crippen molar-refractivity contribution in [3.05, 3.63) is 34.9 Å². The van der Waals surface area contributed by atoms with E-state index in [-0.39, 0.29) is 0 Å². The van der Waals surface area contributed by atoms with Crippen LogP contribution >= 0.6 is 0 Å². The first-order valence-corrected chi connectivity index (χ1v) is 6.85. The topological polar surface area (TPSA) is 24.1 Å². The first kappa shape index (κ1) is 12.6.